The van der Waals surface area contributed by atoms with E-state index < -0.39 is 5.97 Å². The van der Waals surface area contributed by atoms with Crippen LogP contribution in [0.3, 0.4) is 0 Å². The van der Waals surface area contributed by atoms with Crippen molar-refractivity contribution in [2.45, 2.75) is 25.9 Å². The number of fused-ring (bicyclic) bond motifs is 1. The van der Waals surface area contributed by atoms with Crippen LogP contribution in [0.25, 0.3) is 0 Å². The van der Waals surface area contributed by atoms with Crippen molar-refractivity contribution in [3.05, 3.63) is 79.9 Å². The molecule has 7 nitrogen and oxygen atoms in total. The van der Waals surface area contributed by atoms with E-state index in [1.807, 2.05) is 25.5 Å². The van der Waals surface area contributed by atoms with Crippen LogP contribution in [0.15, 0.2) is 52.0 Å². The number of carbonyl (C=O) groups excluding carboxylic acids is 1. The highest BCUT2D eigenvalue weighted by atomic mass is 32.1. The van der Waals surface area contributed by atoms with Gasteiger partial charge in [0.1, 0.15) is 11.3 Å². The number of pyridine rings is 1. The minimum Gasteiger partial charge on any atom is -0.492 e. The summed E-state index contributed by atoms with van der Waals surface area (Å²) in [5, 5.41) is 4.09. The van der Waals surface area contributed by atoms with E-state index in [1.165, 1.54) is 24.3 Å². The normalized spacial score (nSPS) is 13.7. The van der Waals surface area contributed by atoms with E-state index in [1.54, 1.807) is 15.9 Å². The number of anilines is 1. The number of carbonyl (C=O) groups is 1. The van der Waals surface area contributed by atoms with Crippen LogP contribution in [0.4, 0.5) is 5.69 Å². The zero-order valence-corrected chi connectivity index (χ0v) is 20.8. The summed E-state index contributed by atoms with van der Waals surface area (Å²) in [7, 11) is 5.41. The van der Waals surface area contributed by atoms with Crippen molar-refractivity contribution in [2.75, 3.05) is 45.8 Å². The Morgan fingerprint density at radius 3 is 2.56 bits per heavy atom. The highest BCUT2D eigenvalue weighted by Crippen LogP contribution is 2.25. The molecule has 0 spiro atoms. The van der Waals surface area contributed by atoms with Crippen LogP contribution in [0, 0.1) is 0 Å². The maximum atomic E-state index is 13.0. The molecule has 3 aromatic rings. The van der Waals surface area contributed by atoms with Gasteiger partial charge in [0.15, 0.2) is 0 Å². The van der Waals surface area contributed by atoms with Gasteiger partial charge in [-0.05, 0) is 40.1 Å². The fourth-order valence-electron chi connectivity index (χ4n) is 4.26. The number of benzene rings is 1. The summed E-state index contributed by atoms with van der Waals surface area (Å²) in [4.78, 5) is 30.1. The predicted octanol–water partition coefficient (Wildman–Crippen LogP) is 3.44. The third-order valence-corrected chi connectivity index (χ3v) is 6.89. The fraction of sp³-hybridized carbons (Fsp3) is 0.385. The van der Waals surface area contributed by atoms with Crippen molar-refractivity contribution in [2.24, 2.45) is 0 Å². The lowest BCUT2D eigenvalue weighted by atomic mass is 10.1. The summed E-state index contributed by atoms with van der Waals surface area (Å²) in [5.74, 6) is -0.159. The summed E-state index contributed by atoms with van der Waals surface area (Å²) in [6, 6.07) is 12.0. The topological polar surface area (TPSA) is 64.0 Å². The molecule has 34 heavy (non-hydrogen) atoms. The number of thiophene rings is 1. The van der Waals surface area contributed by atoms with Crippen LogP contribution in [0.2, 0.25) is 0 Å². The molecule has 0 bridgehead atoms. The van der Waals surface area contributed by atoms with Crippen molar-refractivity contribution in [3.8, 4) is 5.75 Å². The largest absolute Gasteiger partial charge is 0.492 e. The first-order valence-corrected chi connectivity index (χ1v) is 12.4. The number of ether oxygens (including phenoxy) is 2. The molecule has 0 radical (unpaired) electrons. The van der Waals surface area contributed by atoms with Crippen LogP contribution in [0.1, 0.15) is 27.2 Å². The second-order valence-electron chi connectivity index (χ2n) is 8.63. The van der Waals surface area contributed by atoms with Gasteiger partial charge in [-0.25, -0.2) is 4.79 Å². The Kier molecular flexibility index (Phi) is 7.70. The average Bonchev–Trinajstić information content (AvgIpc) is 3.26. The molecule has 0 N–H and O–H groups in total. The number of methoxy groups -OCH3 is 1. The Morgan fingerprint density at radius 2 is 1.88 bits per heavy atom. The van der Waals surface area contributed by atoms with E-state index in [2.05, 4.69) is 39.4 Å². The average molecular weight is 482 g/mol. The Hall–Kier alpha value is -3.10. The molecule has 8 heteroatoms. The first-order valence-electron chi connectivity index (χ1n) is 11.4. The number of hydrogen-bond acceptors (Lipinski definition) is 7. The minimum absolute atomic E-state index is 0.148. The number of rotatable bonds is 8. The van der Waals surface area contributed by atoms with Gasteiger partial charge in [0.25, 0.3) is 5.56 Å². The SMILES string of the molecule is COC(=O)c1c(OCCc2ccsc2)cc(=O)n2c1CCN(Cc1ccc(N(C)C)cc1)CC2. The third-order valence-electron chi connectivity index (χ3n) is 6.16. The molecule has 0 atom stereocenters. The van der Waals surface area contributed by atoms with Gasteiger partial charge < -0.3 is 18.9 Å². The summed E-state index contributed by atoms with van der Waals surface area (Å²) >= 11 is 1.63. The standard InChI is InChI=1S/C26H31N3O4S/c1-27(2)21-6-4-19(5-7-21)17-28-11-8-22-25(26(31)32-3)23(16-24(30)29(22)13-12-28)33-14-9-20-10-15-34-18-20/h4-7,10,15-16,18H,8-9,11-14,17H2,1-3H3. The first kappa shape index (κ1) is 24.0. The van der Waals surface area contributed by atoms with Crippen LogP contribution in [-0.2, 0) is 30.7 Å². The van der Waals surface area contributed by atoms with E-state index in [9.17, 15) is 9.59 Å². The Balaban J connectivity index is 1.53. The van der Waals surface area contributed by atoms with E-state index in [-0.39, 0.29) is 5.56 Å². The van der Waals surface area contributed by atoms with E-state index >= 15 is 0 Å². The minimum atomic E-state index is -0.470. The zero-order chi connectivity index (χ0) is 24.1. The second-order valence-corrected chi connectivity index (χ2v) is 9.41. The van der Waals surface area contributed by atoms with Gasteiger partial charge in [-0.15, -0.1) is 0 Å². The van der Waals surface area contributed by atoms with Crippen molar-refractivity contribution < 1.29 is 14.3 Å². The number of aromatic nitrogens is 1. The molecule has 1 aliphatic rings. The van der Waals surface area contributed by atoms with Gasteiger partial charge in [0.2, 0.25) is 0 Å². The quantitative estimate of drug-likeness (QED) is 0.460. The number of hydrogen-bond donors (Lipinski definition) is 0. The lowest BCUT2D eigenvalue weighted by Gasteiger charge is -2.20. The summed E-state index contributed by atoms with van der Waals surface area (Å²) < 4.78 is 12.7. The van der Waals surface area contributed by atoms with Gasteiger partial charge in [-0.1, -0.05) is 12.1 Å². The van der Waals surface area contributed by atoms with Crippen molar-refractivity contribution in [3.63, 3.8) is 0 Å². The molecule has 0 unspecified atom stereocenters. The highest BCUT2D eigenvalue weighted by Gasteiger charge is 2.26. The third kappa shape index (κ3) is 5.51. The van der Waals surface area contributed by atoms with Gasteiger partial charge in [-0.3, -0.25) is 9.69 Å². The van der Waals surface area contributed by atoms with Crippen LogP contribution < -0.4 is 15.2 Å². The molecule has 0 aliphatic carbocycles. The number of esters is 1. The molecule has 2 aromatic heterocycles. The van der Waals surface area contributed by atoms with Crippen LogP contribution in [0.5, 0.6) is 5.75 Å². The van der Waals surface area contributed by atoms with Crippen molar-refractivity contribution in [1.29, 1.82) is 0 Å². The fourth-order valence-corrected chi connectivity index (χ4v) is 4.96. The molecule has 1 aliphatic heterocycles. The summed E-state index contributed by atoms with van der Waals surface area (Å²) in [5.41, 5.74) is 4.46. The highest BCUT2D eigenvalue weighted by molar-refractivity contribution is 7.07. The van der Waals surface area contributed by atoms with E-state index in [0.717, 1.165) is 25.3 Å². The lowest BCUT2D eigenvalue weighted by molar-refractivity contribution is 0.0593. The number of nitrogens with zero attached hydrogens (tertiary/aromatic N) is 3. The molecule has 0 saturated carbocycles. The van der Waals surface area contributed by atoms with E-state index in [0.29, 0.717) is 43.0 Å². The first-order chi connectivity index (χ1) is 16.5. The summed E-state index contributed by atoms with van der Waals surface area (Å²) in [6.07, 6.45) is 1.28. The maximum absolute atomic E-state index is 13.0. The molecule has 4 rings (SSSR count). The monoisotopic (exact) mass is 481 g/mol. The van der Waals surface area contributed by atoms with Crippen LogP contribution >= 0.6 is 11.3 Å². The maximum Gasteiger partial charge on any atom is 0.343 e. The van der Waals surface area contributed by atoms with Gasteiger partial charge in [0.05, 0.1) is 13.7 Å². The van der Waals surface area contributed by atoms with Crippen LogP contribution in [-0.4, -0.2) is 56.3 Å². The molecule has 3 heterocycles. The van der Waals surface area contributed by atoms with E-state index in [4.69, 9.17) is 9.47 Å². The Labute approximate surface area is 204 Å². The molecule has 1 aromatic carbocycles. The molecule has 0 amide bonds. The van der Waals surface area contributed by atoms with Gasteiger partial charge >= 0.3 is 5.97 Å². The smallest absolute Gasteiger partial charge is 0.343 e. The lowest BCUT2D eigenvalue weighted by Crippen LogP contribution is -2.29. The molecule has 0 fully saturated rings. The van der Waals surface area contributed by atoms with Crippen molar-refractivity contribution >= 4 is 23.0 Å². The molecule has 0 saturated heterocycles. The van der Waals surface area contributed by atoms with Crippen molar-refractivity contribution in [1.82, 2.24) is 9.47 Å². The van der Waals surface area contributed by atoms with Gasteiger partial charge in [0, 0.05) is 70.6 Å². The molecular formula is C26H31N3O4S. The van der Waals surface area contributed by atoms with Gasteiger partial charge in [-0.2, -0.15) is 11.3 Å². The predicted molar refractivity (Wildman–Crippen MR) is 135 cm³/mol. The second kappa shape index (κ2) is 10.9. The molecule has 180 valence electrons. The summed E-state index contributed by atoms with van der Waals surface area (Å²) in [6.45, 7) is 3.15. The Morgan fingerprint density at radius 1 is 1.09 bits per heavy atom. The molecular weight excluding hydrogens is 450 g/mol. The Bertz CT molecular complexity index is 1170. The zero-order valence-electron chi connectivity index (χ0n) is 20.0.